The van der Waals surface area contributed by atoms with Crippen molar-refractivity contribution in [1.82, 2.24) is 20.2 Å². The minimum absolute atomic E-state index is 0.250. The second kappa shape index (κ2) is 8.26. The number of carbonyl (C=O) groups is 1. The first-order valence-electron chi connectivity index (χ1n) is 7.41. The summed E-state index contributed by atoms with van der Waals surface area (Å²) < 4.78 is 1.52. The van der Waals surface area contributed by atoms with E-state index in [-0.39, 0.29) is 5.91 Å². The highest BCUT2D eigenvalue weighted by molar-refractivity contribution is 8.00. The van der Waals surface area contributed by atoms with Crippen molar-refractivity contribution in [1.29, 1.82) is 0 Å². The van der Waals surface area contributed by atoms with Gasteiger partial charge in [0.25, 0.3) is 0 Å². The molecule has 1 amide bonds. The van der Waals surface area contributed by atoms with E-state index in [0.717, 1.165) is 0 Å². The monoisotopic (exact) mass is 427 g/mol. The molecule has 0 bridgehead atoms. The van der Waals surface area contributed by atoms with Crippen LogP contribution in [0.2, 0.25) is 15.1 Å². The first-order chi connectivity index (χ1) is 12.4. The number of tetrazole rings is 1. The van der Waals surface area contributed by atoms with Crippen LogP contribution in [-0.2, 0) is 4.79 Å². The number of hydrogen-bond acceptors (Lipinski definition) is 5. The molecule has 10 heteroatoms. The summed E-state index contributed by atoms with van der Waals surface area (Å²) in [5.41, 5.74) is 1.15. The standard InChI is InChI=1S/C16H12Cl3N5OS/c1-9(15(25)20-14-8-11(18)5-6-13(14)19)26-16-21-22-23-24(16)12-4-2-3-10(17)7-12/h2-9H,1H3,(H,20,25). The van der Waals surface area contributed by atoms with E-state index in [9.17, 15) is 4.79 Å². The molecule has 134 valence electrons. The predicted octanol–water partition coefficient (Wildman–Crippen LogP) is 4.74. The molecule has 1 N–H and O–H groups in total. The van der Waals surface area contributed by atoms with Gasteiger partial charge in [-0.2, -0.15) is 4.68 Å². The molecule has 6 nitrogen and oxygen atoms in total. The van der Waals surface area contributed by atoms with Gasteiger partial charge in [0, 0.05) is 10.0 Å². The molecule has 1 aromatic heterocycles. The van der Waals surface area contributed by atoms with Crippen molar-refractivity contribution in [3.63, 3.8) is 0 Å². The summed E-state index contributed by atoms with van der Waals surface area (Å²) in [5, 5.41) is 15.8. The van der Waals surface area contributed by atoms with E-state index in [1.807, 2.05) is 6.07 Å². The topological polar surface area (TPSA) is 72.7 Å². The zero-order valence-corrected chi connectivity index (χ0v) is 16.4. The van der Waals surface area contributed by atoms with Crippen LogP contribution in [0.25, 0.3) is 5.69 Å². The average Bonchev–Trinajstić information content (AvgIpc) is 3.06. The fraction of sp³-hybridized carbons (Fsp3) is 0.125. The van der Waals surface area contributed by atoms with Gasteiger partial charge in [0.05, 0.1) is 21.6 Å². The maximum absolute atomic E-state index is 12.5. The Morgan fingerprint density at radius 2 is 1.92 bits per heavy atom. The molecule has 0 saturated carbocycles. The van der Waals surface area contributed by atoms with Crippen LogP contribution in [0.4, 0.5) is 5.69 Å². The molecule has 0 spiro atoms. The number of carbonyl (C=O) groups excluding carboxylic acids is 1. The van der Waals surface area contributed by atoms with Crippen molar-refractivity contribution < 1.29 is 4.79 Å². The summed E-state index contributed by atoms with van der Waals surface area (Å²) >= 11 is 19.2. The summed E-state index contributed by atoms with van der Waals surface area (Å²) in [4.78, 5) is 12.5. The molecule has 3 aromatic rings. The summed E-state index contributed by atoms with van der Waals surface area (Å²) in [7, 11) is 0. The van der Waals surface area contributed by atoms with Crippen LogP contribution in [0.3, 0.4) is 0 Å². The SMILES string of the molecule is CC(Sc1nnnn1-c1cccc(Cl)c1)C(=O)Nc1cc(Cl)ccc1Cl. The Labute approximate surface area is 168 Å². The third-order valence-corrected chi connectivity index (χ3v) is 5.16. The molecule has 0 saturated heterocycles. The zero-order chi connectivity index (χ0) is 18.7. The van der Waals surface area contributed by atoms with E-state index >= 15 is 0 Å². The van der Waals surface area contributed by atoms with Gasteiger partial charge in [-0.3, -0.25) is 4.79 Å². The second-order valence-electron chi connectivity index (χ2n) is 5.23. The average molecular weight is 429 g/mol. The van der Waals surface area contributed by atoms with Gasteiger partial charge in [0.15, 0.2) is 0 Å². The Hall–Kier alpha value is -1.80. The normalized spacial score (nSPS) is 12.0. The van der Waals surface area contributed by atoms with Crippen LogP contribution in [0.15, 0.2) is 47.6 Å². The highest BCUT2D eigenvalue weighted by atomic mass is 35.5. The molecule has 1 unspecified atom stereocenters. The lowest BCUT2D eigenvalue weighted by molar-refractivity contribution is -0.115. The molecular formula is C16H12Cl3N5OS. The highest BCUT2D eigenvalue weighted by Crippen LogP contribution is 2.28. The largest absolute Gasteiger partial charge is 0.324 e. The van der Waals surface area contributed by atoms with Crippen molar-refractivity contribution in [3.8, 4) is 5.69 Å². The van der Waals surface area contributed by atoms with Crippen LogP contribution in [-0.4, -0.2) is 31.4 Å². The fourth-order valence-corrected chi connectivity index (χ4v) is 3.39. The maximum Gasteiger partial charge on any atom is 0.237 e. The Balaban J connectivity index is 1.74. The molecule has 0 radical (unpaired) electrons. The Kier molecular flexibility index (Phi) is 6.03. The number of thioether (sulfide) groups is 1. The lowest BCUT2D eigenvalue weighted by Crippen LogP contribution is -2.23. The number of nitrogens with one attached hydrogen (secondary N) is 1. The lowest BCUT2D eigenvalue weighted by atomic mass is 10.3. The number of benzene rings is 2. The van der Waals surface area contributed by atoms with Crippen molar-refractivity contribution in [2.75, 3.05) is 5.32 Å². The molecule has 0 aliphatic carbocycles. The van der Waals surface area contributed by atoms with Crippen LogP contribution >= 0.6 is 46.6 Å². The molecule has 26 heavy (non-hydrogen) atoms. The number of amides is 1. The molecule has 2 aromatic carbocycles. The van der Waals surface area contributed by atoms with Crippen LogP contribution in [0.5, 0.6) is 0 Å². The zero-order valence-electron chi connectivity index (χ0n) is 13.4. The van der Waals surface area contributed by atoms with Crippen LogP contribution in [0, 0.1) is 0 Å². The van der Waals surface area contributed by atoms with Crippen molar-refractivity contribution in [2.24, 2.45) is 0 Å². The maximum atomic E-state index is 12.5. The molecule has 1 heterocycles. The second-order valence-corrected chi connectivity index (χ2v) is 7.81. The molecule has 3 rings (SSSR count). The van der Waals surface area contributed by atoms with Gasteiger partial charge in [0.1, 0.15) is 0 Å². The molecular weight excluding hydrogens is 417 g/mol. The quantitative estimate of drug-likeness (QED) is 0.594. The van der Waals surface area contributed by atoms with Gasteiger partial charge in [-0.25, -0.2) is 0 Å². The van der Waals surface area contributed by atoms with Gasteiger partial charge < -0.3 is 5.32 Å². The molecule has 0 fully saturated rings. The summed E-state index contributed by atoms with van der Waals surface area (Å²) in [6, 6.07) is 12.0. The van der Waals surface area contributed by atoms with E-state index in [4.69, 9.17) is 34.8 Å². The Morgan fingerprint density at radius 3 is 2.69 bits per heavy atom. The number of nitrogens with zero attached hydrogens (tertiary/aromatic N) is 4. The highest BCUT2D eigenvalue weighted by Gasteiger charge is 2.20. The Morgan fingerprint density at radius 1 is 1.15 bits per heavy atom. The van der Waals surface area contributed by atoms with Crippen molar-refractivity contribution in [2.45, 2.75) is 17.3 Å². The molecule has 1 atom stereocenters. The predicted molar refractivity (Wildman–Crippen MR) is 105 cm³/mol. The van der Waals surface area contributed by atoms with Crippen LogP contribution < -0.4 is 5.32 Å². The number of hydrogen-bond donors (Lipinski definition) is 1. The molecule has 0 aliphatic heterocycles. The van der Waals surface area contributed by atoms with E-state index < -0.39 is 5.25 Å². The van der Waals surface area contributed by atoms with E-state index in [0.29, 0.717) is 31.6 Å². The van der Waals surface area contributed by atoms with Gasteiger partial charge in [-0.1, -0.05) is 52.6 Å². The van der Waals surface area contributed by atoms with E-state index in [2.05, 4.69) is 20.8 Å². The summed E-state index contributed by atoms with van der Waals surface area (Å²) in [5.74, 6) is -0.250. The van der Waals surface area contributed by atoms with Gasteiger partial charge in [-0.15, -0.1) is 5.10 Å². The van der Waals surface area contributed by atoms with Gasteiger partial charge >= 0.3 is 0 Å². The minimum atomic E-state index is -0.478. The summed E-state index contributed by atoms with van der Waals surface area (Å²) in [6.07, 6.45) is 0. The van der Waals surface area contributed by atoms with E-state index in [1.165, 1.54) is 16.4 Å². The number of aromatic nitrogens is 4. The third-order valence-electron chi connectivity index (χ3n) is 3.33. The van der Waals surface area contributed by atoms with E-state index in [1.54, 1.807) is 43.3 Å². The minimum Gasteiger partial charge on any atom is -0.324 e. The summed E-state index contributed by atoms with van der Waals surface area (Å²) in [6.45, 7) is 1.75. The third kappa shape index (κ3) is 4.48. The first-order valence-corrected chi connectivity index (χ1v) is 9.42. The number of rotatable bonds is 5. The Bertz CT molecular complexity index is 949. The van der Waals surface area contributed by atoms with Crippen LogP contribution in [0.1, 0.15) is 6.92 Å². The first kappa shape index (κ1) is 19.0. The van der Waals surface area contributed by atoms with Gasteiger partial charge in [0.2, 0.25) is 11.1 Å². The van der Waals surface area contributed by atoms with Crippen molar-refractivity contribution in [3.05, 3.63) is 57.5 Å². The van der Waals surface area contributed by atoms with Crippen molar-refractivity contribution >= 4 is 58.2 Å². The number of anilines is 1. The lowest BCUT2D eigenvalue weighted by Gasteiger charge is -2.13. The fourth-order valence-electron chi connectivity index (χ4n) is 2.06. The molecule has 0 aliphatic rings. The smallest absolute Gasteiger partial charge is 0.237 e. The number of halogens is 3. The van der Waals surface area contributed by atoms with Gasteiger partial charge in [-0.05, 0) is 53.7 Å².